The van der Waals surface area contributed by atoms with Gasteiger partial charge >= 0.3 is 0 Å². The van der Waals surface area contributed by atoms with E-state index in [2.05, 4.69) is 20.4 Å². The molecule has 35 heavy (non-hydrogen) atoms. The van der Waals surface area contributed by atoms with Gasteiger partial charge in [0.25, 0.3) is 5.91 Å². The Balaban J connectivity index is 1.12. The highest BCUT2D eigenvalue weighted by Gasteiger charge is 2.18. The first-order chi connectivity index (χ1) is 17.0. The zero-order chi connectivity index (χ0) is 24.2. The second kappa shape index (κ2) is 10.2. The molecule has 3 aromatic carbocycles. The van der Waals surface area contributed by atoms with E-state index in [-0.39, 0.29) is 16.7 Å². The molecule has 2 N–H and O–H groups in total. The van der Waals surface area contributed by atoms with Crippen LogP contribution >= 0.6 is 12.2 Å². The quantitative estimate of drug-likeness (QED) is 0.385. The predicted octanol–water partition coefficient (Wildman–Crippen LogP) is 5.02. The van der Waals surface area contributed by atoms with Crippen molar-refractivity contribution in [3.05, 3.63) is 96.0 Å². The lowest BCUT2D eigenvalue weighted by Crippen LogP contribution is -2.46. The number of carbonyl (C=O) groups excluding carboxylic acids is 1. The van der Waals surface area contributed by atoms with Crippen molar-refractivity contribution in [1.29, 1.82) is 0 Å². The van der Waals surface area contributed by atoms with Gasteiger partial charge in [0.15, 0.2) is 10.9 Å². The van der Waals surface area contributed by atoms with Gasteiger partial charge in [0.05, 0.1) is 0 Å². The molecule has 1 amide bonds. The van der Waals surface area contributed by atoms with E-state index in [4.69, 9.17) is 16.6 Å². The van der Waals surface area contributed by atoms with Crippen molar-refractivity contribution in [2.24, 2.45) is 0 Å². The van der Waals surface area contributed by atoms with Crippen LogP contribution in [-0.2, 0) is 6.54 Å². The molecule has 2 heterocycles. The Bertz CT molecular complexity index is 1310. The summed E-state index contributed by atoms with van der Waals surface area (Å²) in [7, 11) is 0. The topological polar surface area (TPSA) is 60.8 Å². The van der Waals surface area contributed by atoms with Gasteiger partial charge in [-0.05, 0) is 54.7 Å². The number of para-hydroxylation sites is 1. The molecule has 5 rings (SSSR count). The number of amides is 1. The highest BCUT2D eigenvalue weighted by atomic mass is 32.1. The van der Waals surface area contributed by atoms with E-state index >= 15 is 0 Å². The molecular weight excluding hydrogens is 463 g/mol. The molecule has 0 unspecified atom stereocenters. The van der Waals surface area contributed by atoms with Gasteiger partial charge in [-0.3, -0.25) is 15.0 Å². The normalized spacial score (nSPS) is 14.1. The third kappa shape index (κ3) is 5.50. The average Bonchev–Trinajstić information content (AvgIpc) is 3.31. The maximum Gasteiger partial charge on any atom is 0.293 e. The minimum Gasteiger partial charge on any atom is -0.451 e. The maximum atomic E-state index is 13.9. The van der Waals surface area contributed by atoms with E-state index in [0.717, 1.165) is 48.5 Å². The van der Waals surface area contributed by atoms with Crippen LogP contribution in [0.4, 0.5) is 15.8 Å². The Morgan fingerprint density at radius 2 is 1.66 bits per heavy atom. The van der Waals surface area contributed by atoms with Crippen LogP contribution in [-0.4, -0.2) is 42.1 Å². The number of halogens is 1. The lowest BCUT2D eigenvalue weighted by molar-refractivity contribution is 0.0953. The Morgan fingerprint density at radius 1 is 0.943 bits per heavy atom. The monoisotopic (exact) mass is 488 g/mol. The van der Waals surface area contributed by atoms with E-state index in [1.807, 2.05) is 60.7 Å². The van der Waals surface area contributed by atoms with Gasteiger partial charge in [-0.25, -0.2) is 4.39 Å². The number of carbonyl (C=O) groups is 1. The minimum absolute atomic E-state index is 0.148. The average molecular weight is 489 g/mol. The van der Waals surface area contributed by atoms with Crippen molar-refractivity contribution in [3.8, 4) is 0 Å². The van der Waals surface area contributed by atoms with Gasteiger partial charge in [0.2, 0.25) is 0 Å². The first-order valence-electron chi connectivity index (χ1n) is 11.5. The zero-order valence-corrected chi connectivity index (χ0v) is 19.9. The van der Waals surface area contributed by atoms with Gasteiger partial charge in [-0.1, -0.05) is 36.4 Å². The zero-order valence-electron chi connectivity index (χ0n) is 19.0. The van der Waals surface area contributed by atoms with Crippen LogP contribution in [0.25, 0.3) is 11.0 Å². The summed E-state index contributed by atoms with van der Waals surface area (Å²) < 4.78 is 19.5. The third-order valence-electron chi connectivity index (χ3n) is 6.09. The van der Waals surface area contributed by atoms with Crippen LogP contribution < -0.4 is 15.5 Å². The summed E-state index contributed by atoms with van der Waals surface area (Å²) in [6.07, 6.45) is 0. The number of thiocarbonyl (C=S) groups is 1. The van der Waals surface area contributed by atoms with Crippen LogP contribution in [0.1, 0.15) is 16.1 Å². The van der Waals surface area contributed by atoms with Crippen molar-refractivity contribution in [2.75, 3.05) is 36.4 Å². The highest BCUT2D eigenvalue weighted by Crippen LogP contribution is 2.21. The van der Waals surface area contributed by atoms with E-state index in [1.165, 1.54) is 6.07 Å². The van der Waals surface area contributed by atoms with Gasteiger partial charge in [-0.2, -0.15) is 0 Å². The van der Waals surface area contributed by atoms with Gasteiger partial charge in [0.1, 0.15) is 11.4 Å². The molecular formula is C27H25FN4O2S. The molecule has 0 bridgehead atoms. The SMILES string of the molecule is O=C(NC(=S)Nc1ccc(N2CCN(Cc3ccccc3F)CC2)cc1)c1cc2ccccc2o1. The minimum atomic E-state index is -0.399. The maximum absolute atomic E-state index is 13.9. The second-order valence-corrected chi connectivity index (χ2v) is 8.87. The van der Waals surface area contributed by atoms with Crippen LogP contribution in [0, 0.1) is 5.82 Å². The molecule has 1 fully saturated rings. The third-order valence-corrected chi connectivity index (χ3v) is 6.29. The van der Waals surface area contributed by atoms with Crippen molar-refractivity contribution in [3.63, 3.8) is 0 Å². The molecule has 4 aromatic rings. The van der Waals surface area contributed by atoms with Crippen molar-refractivity contribution in [2.45, 2.75) is 6.54 Å². The van der Waals surface area contributed by atoms with E-state index in [9.17, 15) is 9.18 Å². The molecule has 0 radical (unpaired) electrons. The molecule has 1 aliphatic rings. The fraction of sp³-hybridized carbons (Fsp3) is 0.185. The first-order valence-corrected chi connectivity index (χ1v) is 11.9. The number of nitrogens with one attached hydrogen (secondary N) is 2. The van der Waals surface area contributed by atoms with Crippen molar-refractivity contribution in [1.82, 2.24) is 10.2 Å². The number of nitrogens with zero attached hydrogens (tertiary/aromatic N) is 2. The van der Waals surface area contributed by atoms with Crippen LogP contribution in [0.5, 0.6) is 0 Å². The number of hydrogen-bond donors (Lipinski definition) is 2. The van der Waals surface area contributed by atoms with Crippen LogP contribution in [0.15, 0.2) is 83.3 Å². The summed E-state index contributed by atoms with van der Waals surface area (Å²) in [5.41, 5.74) is 3.28. The van der Waals surface area contributed by atoms with Gasteiger partial charge in [-0.15, -0.1) is 0 Å². The standard InChI is InChI=1S/C27H25FN4O2S/c28-23-7-3-1-6-20(23)18-31-13-15-32(16-14-31)22-11-9-21(10-12-22)29-27(35)30-26(33)25-17-19-5-2-4-8-24(19)34-25/h1-12,17H,13-16,18H2,(H2,29,30,33,35). The fourth-order valence-electron chi connectivity index (χ4n) is 4.21. The molecule has 178 valence electrons. The number of hydrogen-bond acceptors (Lipinski definition) is 5. The number of furan rings is 1. The lowest BCUT2D eigenvalue weighted by atomic mass is 10.1. The smallest absolute Gasteiger partial charge is 0.293 e. The number of benzene rings is 3. The number of rotatable bonds is 5. The van der Waals surface area contributed by atoms with Gasteiger partial charge < -0.3 is 14.6 Å². The lowest BCUT2D eigenvalue weighted by Gasteiger charge is -2.36. The number of piperazine rings is 1. The first kappa shape index (κ1) is 23.0. The predicted molar refractivity (Wildman–Crippen MR) is 140 cm³/mol. The van der Waals surface area contributed by atoms with E-state index in [1.54, 1.807) is 12.1 Å². The summed E-state index contributed by atoms with van der Waals surface area (Å²) in [4.78, 5) is 17.1. The van der Waals surface area contributed by atoms with Crippen LogP contribution in [0.3, 0.4) is 0 Å². The van der Waals surface area contributed by atoms with Crippen molar-refractivity contribution < 1.29 is 13.6 Å². The molecule has 0 saturated carbocycles. The van der Waals surface area contributed by atoms with Crippen molar-refractivity contribution >= 4 is 45.6 Å². The summed E-state index contributed by atoms with van der Waals surface area (Å²) in [6.45, 7) is 4.10. The molecule has 1 aliphatic heterocycles. The molecule has 0 aliphatic carbocycles. The summed E-state index contributed by atoms with van der Waals surface area (Å²) in [5.74, 6) is -0.340. The summed E-state index contributed by atoms with van der Waals surface area (Å²) in [6, 6.07) is 24.0. The van der Waals surface area contributed by atoms with E-state index < -0.39 is 5.91 Å². The van der Waals surface area contributed by atoms with Gasteiger partial charge in [0, 0.05) is 55.0 Å². The summed E-state index contributed by atoms with van der Waals surface area (Å²) >= 11 is 5.30. The second-order valence-electron chi connectivity index (χ2n) is 8.46. The Hall–Kier alpha value is -3.75. The number of anilines is 2. The van der Waals surface area contributed by atoms with Crippen LogP contribution in [0.2, 0.25) is 0 Å². The summed E-state index contributed by atoms with van der Waals surface area (Å²) in [5, 5.41) is 6.76. The highest BCUT2D eigenvalue weighted by molar-refractivity contribution is 7.80. The molecule has 6 nitrogen and oxygen atoms in total. The molecule has 0 spiro atoms. The van der Waals surface area contributed by atoms with E-state index in [0.29, 0.717) is 12.1 Å². The Kier molecular flexibility index (Phi) is 6.74. The fourth-order valence-corrected chi connectivity index (χ4v) is 4.42. The largest absolute Gasteiger partial charge is 0.451 e. The number of fused-ring (bicyclic) bond motifs is 1. The molecule has 1 aromatic heterocycles. The molecule has 1 saturated heterocycles. The molecule has 0 atom stereocenters. The Morgan fingerprint density at radius 3 is 2.40 bits per heavy atom. The molecule has 8 heteroatoms. The Labute approximate surface area is 208 Å².